The lowest BCUT2D eigenvalue weighted by Gasteiger charge is -2.09. The third-order valence-electron chi connectivity index (χ3n) is 3.17. The highest BCUT2D eigenvalue weighted by Crippen LogP contribution is 2.35. The SMILES string of the molecule is CCOC(=O)[C@@H]1NC1c1c(C)cc(C)cc1C. The number of aryl methyl sites for hydroxylation is 3. The summed E-state index contributed by atoms with van der Waals surface area (Å²) in [5.74, 6) is -0.142. The lowest BCUT2D eigenvalue weighted by molar-refractivity contribution is -0.142. The first-order valence-corrected chi connectivity index (χ1v) is 6.05. The van der Waals surface area contributed by atoms with Crippen LogP contribution >= 0.6 is 0 Å². The van der Waals surface area contributed by atoms with E-state index in [1.807, 2.05) is 6.92 Å². The Morgan fingerprint density at radius 1 is 1.29 bits per heavy atom. The second-order valence-electron chi connectivity index (χ2n) is 4.69. The van der Waals surface area contributed by atoms with E-state index in [4.69, 9.17) is 4.74 Å². The summed E-state index contributed by atoms with van der Waals surface area (Å²) in [6, 6.07) is 4.29. The van der Waals surface area contributed by atoms with Gasteiger partial charge in [-0.25, -0.2) is 0 Å². The maximum Gasteiger partial charge on any atom is 0.325 e. The summed E-state index contributed by atoms with van der Waals surface area (Å²) in [6.07, 6.45) is 0. The second kappa shape index (κ2) is 4.49. The molecule has 3 heteroatoms. The van der Waals surface area contributed by atoms with Crippen molar-refractivity contribution in [2.75, 3.05) is 6.61 Å². The van der Waals surface area contributed by atoms with E-state index in [1.54, 1.807) is 0 Å². The molecular weight excluding hydrogens is 214 g/mol. The van der Waals surface area contributed by atoms with Gasteiger partial charge >= 0.3 is 5.97 Å². The van der Waals surface area contributed by atoms with Gasteiger partial charge in [0.05, 0.1) is 12.6 Å². The van der Waals surface area contributed by atoms with Gasteiger partial charge in [0.15, 0.2) is 0 Å². The third kappa shape index (κ3) is 2.34. The summed E-state index contributed by atoms with van der Waals surface area (Å²) in [6.45, 7) is 8.55. The first-order chi connectivity index (χ1) is 8.04. The predicted molar refractivity (Wildman–Crippen MR) is 67.0 cm³/mol. The molecule has 1 aromatic rings. The summed E-state index contributed by atoms with van der Waals surface area (Å²) in [5, 5.41) is 3.20. The van der Waals surface area contributed by atoms with Gasteiger partial charge in [-0.05, 0) is 44.4 Å². The number of carbonyl (C=O) groups is 1. The molecule has 0 saturated carbocycles. The number of esters is 1. The summed E-state index contributed by atoms with van der Waals surface area (Å²) in [5.41, 5.74) is 4.99. The van der Waals surface area contributed by atoms with Crippen LogP contribution in [-0.4, -0.2) is 18.6 Å². The fraction of sp³-hybridized carbons (Fsp3) is 0.500. The minimum atomic E-state index is -0.157. The quantitative estimate of drug-likeness (QED) is 0.643. The minimum absolute atomic E-state index is 0.134. The normalized spacial score (nSPS) is 22.4. The molecule has 1 aliphatic rings. The number of hydrogen-bond donors (Lipinski definition) is 1. The molecule has 2 rings (SSSR count). The van der Waals surface area contributed by atoms with Crippen LogP contribution in [-0.2, 0) is 9.53 Å². The Kier molecular flexibility index (Phi) is 3.20. The molecule has 1 aliphatic heterocycles. The Morgan fingerprint density at radius 2 is 1.88 bits per heavy atom. The van der Waals surface area contributed by atoms with Crippen molar-refractivity contribution in [1.82, 2.24) is 5.32 Å². The van der Waals surface area contributed by atoms with Gasteiger partial charge in [0, 0.05) is 0 Å². The topological polar surface area (TPSA) is 48.2 Å². The summed E-state index contributed by atoms with van der Waals surface area (Å²) >= 11 is 0. The van der Waals surface area contributed by atoms with Crippen LogP contribution in [0.15, 0.2) is 12.1 Å². The van der Waals surface area contributed by atoms with Gasteiger partial charge in [0.2, 0.25) is 0 Å². The molecule has 0 bridgehead atoms. The van der Waals surface area contributed by atoms with Gasteiger partial charge < -0.3 is 4.74 Å². The van der Waals surface area contributed by atoms with Crippen LogP contribution in [0.4, 0.5) is 0 Å². The van der Waals surface area contributed by atoms with E-state index in [2.05, 4.69) is 38.2 Å². The van der Waals surface area contributed by atoms with Gasteiger partial charge in [0.1, 0.15) is 6.04 Å². The van der Waals surface area contributed by atoms with Crippen LogP contribution in [0, 0.1) is 20.8 Å². The number of ether oxygens (including phenoxy) is 1. The summed E-state index contributed by atoms with van der Waals surface area (Å²) in [7, 11) is 0. The van der Waals surface area contributed by atoms with E-state index in [1.165, 1.54) is 22.3 Å². The molecule has 0 spiro atoms. The van der Waals surface area contributed by atoms with Crippen molar-refractivity contribution in [1.29, 1.82) is 0 Å². The van der Waals surface area contributed by atoms with Gasteiger partial charge in [-0.3, -0.25) is 10.1 Å². The molecule has 2 atom stereocenters. The Bertz CT molecular complexity index is 431. The highest BCUT2D eigenvalue weighted by Gasteiger charge is 2.45. The van der Waals surface area contributed by atoms with Crippen LogP contribution in [0.5, 0.6) is 0 Å². The van der Waals surface area contributed by atoms with E-state index in [0.717, 1.165) is 0 Å². The molecule has 3 nitrogen and oxygen atoms in total. The van der Waals surface area contributed by atoms with E-state index < -0.39 is 0 Å². The standard InChI is InChI=1S/C14H19NO2/c1-5-17-14(16)13-12(15-13)11-9(3)6-8(2)7-10(11)4/h6-7,12-13,15H,5H2,1-4H3/t12?,13-/m1/s1. The Morgan fingerprint density at radius 3 is 2.41 bits per heavy atom. The summed E-state index contributed by atoms with van der Waals surface area (Å²) < 4.78 is 5.02. The fourth-order valence-electron chi connectivity index (χ4n) is 2.51. The molecule has 1 aromatic carbocycles. The molecule has 1 heterocycles. The number of nitrogens with one attached hydrogen (secondary N) is 1. The highest BCUT2D eigenvalue weighted by atomic mass is 16.5. The monoisotopic (exact) mass is 233 g/mol. The van der Waals surface area contributed by atoms with Crippen molar-refractivity contribution in [3.8, 4) is 0 Å². The molecule has 0 aliphatic carbocycles. The van der Waals surface area contributed by atoms with Crippen molar-refractivity contribution in [3.05, 3.63) is 34.4 Å². The molecule has 1 unspecified atom stereocenters. The lowest BCUT2D eigenvalue weighted by atomic mass is 9.96. The number of benzene rings is 1. The number of carbonyl (C=O) groups excluding carboxylic acids is 1. The van der Waals surface area contributed by atoms with Crippen molar-refractivity contribution < 1.29 is 9.53 Å². The first kappa shape index (κ1) is 12.1. The van der Waals surface area contributed by atoms with Crippen molar-refractivity contribution in [3.63, 3.8) is 0 Å². The van der Waals surface area contributed by atoms with Gasteiger partial charge in [-0.2, -0.15) is 0 Å². The molecule has 92 valence electrons. The first-order valence-electron chi connectivity index (χ1n) is 6.05. The van der Waals surface area contributed by atoms with E-state index in [0.29, 0.717) is 6.61 Å². The van der Waals surface area contributed by atoms with Crippen LogP contribution in [0.2, 0.25) is 0 Å². The molecule has 0 radical (unpaired) electrons. The summed E-state index contributed by atoms with van der Waals surface area (Å²) in [4.78, 5) is 11.6. The fourth-order valence-corrected chi connectivity index (χ4v) is 2.51. The predicted octanol–water partition coefficient (Wildman–Crippen LogP) is 2.19. The van der Waals surface area contributed by atoms with E-state index >= 15 is 0 Å². The van der Waals surface area contributed by atoms with E-state index in [-0.39, 0.29) is 18.1 Å². The van der Waals surface area contributed by atoms with Crippen molar-refractivity contribution in [2.24, 2.45) is 0 Å². The molecule has 0 aromatic heterocycles. The van der Waals surface area contributed by atoms with Crippen LogP contribution in [0.3, 0.4) is 0 Å². The highest BCUT2D eigenvalue weighted by molar-refractivity contribution is 5.81. The zero-order valence-electron chi connectivity index (χ0n) is 10.8. The van der Waals surface area contributed by atoms with Crippen LogP contribution < -0.4 is 5.32 Å². The van der Waals surface area contributed by atoms with Crippen LogP contribution in [0.25, 0.3) is 0 Å². The molecule has 0 amide bonds. The van der Waals surface area contributed by atoms with Gasteiger partial charge in [-0.1, -0.05) is 17.7 Å². The zero-order valence-corrected chi connectivity index (χ0v) is 10.8. The van der Waals surface area contributed by atoms with Crippen molar-refractivity contribution in [2.45, 2.75) is 39.8 Å². The van der Waals surface area contributed by atoms with E-state index in [9.17, 15) is 4.79 Å². The average molecular weight is 233 g/mol. The lowest BCUT2D eigenvalue weighted by Crippen LogP contribution is -2.14. The Labute approximate surface area is 102 Å². The molecule has 1 N–H and O–H groups in total. The maximum atomic E-state index is 11.6. The third-order valence-corrected chi connectivity index (χ3v) is 3.17. The number of rotatable bonds is 3. The van der Waals surface area contributed by atoms with Crippen LogP contribution in [0.1, 0.15) is 35.2 Å². The molecule has 17 heavy (non-hydrogen) atoms. The number of hydrogen-bond acceptors (Lipinski definition) is 3. The minimum Gasteiger partial charge on any atom is -0.465 e. The maximum absolute atomic E-state index is 11.6. The Hall–Kier alpha value is -1.35. The molecular formula is C14H19NO2. The molecule has 1 saturated heterocycles. The second-order valence-corrected chi connectivity index (χ2v) is 4.69. The smallest absolute Gasteiger partial charge is 0.325 e. The Balaban J connectivity index is 2.19. The largest absolute Gasteiger partial charge is 0.465 e. The molecule has 1 fully saturated rings. The average Bonchev–Trinajstić information content (AvgIpc) is 2.96. The van der Waals surface area contributed by atoms with Gasteiger partial charge in [0.25, 0.3) is 0 Å². The van der Waals surface area contributed by atoms with Crippen molar-refractivity contribution >= 4 is 5.97 Å². The van der Waals surface area contributed by atoms with Gasteiger partial charge in [-0.15, -0.1) is 0 Å². The zero-order chi connectivity index (χ0) is 12.6.